The summed E-state index contributed by atoms with van der Waals surface area (Å²) in [5.41, 5.74) is 2.74. The van der Waals surface area contributed by atoms with Crippen molar-refractivity contribution >= 4 is 12.2 Å². The fraction of sp³-hybridized carbons (Fsp3) is 0.571. The van der Waals surface area contributed by atoms with Crippen molar-refractivity contribution in [3.8, 4) is 0 Å². The second-order valence-electron chi connectivity index (χ2n) is 7.58. The highest BCUT2D eigenvalue weighted by Crippen LogP contribution is 2.40. The summed E-state index contributed by atoms with van der Waals surface area (Å²) in [4.78, 5) is 10.9. The molecule has 0 aromatic heterocycles. The number of rotatable bonds is 8. The minimum atomic E-state index is -0.945. The summed E-state index contributed by atoms with van der Waals surface area (Å²) in [7, 11) is 0. The zero-order valence-corrected chi connectivity index (χ0v) is 15.5. The summed E-state index contributed by atoms with van der Waals surface area (Å²) >= 11 is 0. The van der Waals surface area contributed by atoms with E-state index in [1.807, 2.05) is 6.07 Å². The van der Waals surface area contributed by atoms with E-state index in [0.717, 1.165) is 25.8 Å². The van der Waals surface area contributed by atoms with Gasteiger partial charge in [0.2, 0.25) is 0 Å². The van der Waals surface area contributed by atoms with Crippen molar-refractivity contribution in [1.29, 1.82) is 0 Å². The Morgan fingerprint density at radius 2 is 2.00 bits per heavy atom. The molecule has 0 spiro atoms. The van der Waals surface area contributed by atoms with Gasteiger partial charge in [-0.3, -0.25) is 0 Å². The maximum atomic E-state index is 10.9. The molecule has 1 aliphatic carbocycles. The highest BCUT2D eigenvalue weighted by Gasteiger charge is 2.41. The predicted octanol–water partition coefficient (Wildman–Crippen LogP) is 3.52. The van der Waals surface area contributed by atoms with Crippen LogP contribution in [0.15, 0.2) is 35.9 Å². The molecule has 3 N–H and O–H groups in total. The van der Waals surface area contributed by atoms with E-state index in [4.69, 9.17) is 9.84 Å². The molecule has 1 saturated carbocycles. The smallest absolute Gasteiger partial charge is 0.404 e. The average Bonchev–Trinajstić information content (AvgIpc) is 3.44. The molecule has 1 heterocycles. The Bertz CT molecular complexity index is 623. The van der Waals surface area contributed by atoms with Crippen LogP contribution in [0.4, 0.5) is 4.79 Å². The minimum absolute atomic E-state index is 0.0285. The van der Waals surface area contributed by atoms with Crippen LogP contribution in [0.2, 0.25) is 0 Å². The minimum Gasteiger partial charge on any atom is -0.465 e. The number of hydrogen-bond acceptors (Lipinski definition) is 3. The fourth-order valence-corrected chi connectivity index (χ4v) is 3.90. The summed E-state index contributed by atoms with van der Waals surface area (Å²) in [6, 6.07) is 11.0. The van der Waals surface area contributed by atoms with Crippen LogP contribution in [0.3, 0.4) is 0 Å². The molecular formula is C21H30N2O3. The van der Waals surface area contributed by atoms with Crippen LogP contribution in [0.1, 0.15) is 38.2 Å². The largest absolute Gasteiger partial charge is 0.465 e. The third-order valence-electron chi connectivity index (χ3n) is 5.73. The number of carboxylic acid groups (broad SMARTS) is 1. The van der Waals surface area contributed by atoms with Gasteiger partial charge in [0, 0.05) is 37.8 Å². The molecule has 26 heavy (non-hydrogen) atoms. The molecule has 0 radical (unpaired) electrons. The molecule has 142 valence electrons. The molecule has 1 aromatic carbocycles. The zero-order chi connectivity index (χ0) is 18.4. The molecule has 2 fully saturated rings. The first-order chi connectivity index (χ1) is 12.6. The normalized spacial score (nSPS) is 24.9. The highest BCUT2D eigenvalue weighted by molar-refractivity contribution is 5.64. The Morgan fingerprint density at radius 3 is 2.65 bits per heavy atom. The lowest BCUT2D eigenvalue weighted by atomic mass is 9.80. The molecule has 1 saturated heterocycles. The highest BCUT2D eigenvalue weighted by atomic mass is 16.5. The third-order valence-corrected chi connectivity index (χ3v) is 5.73. The van der Waals surface area contributed by atoms with Gasteiger partial charge in [0.15, 0.2) is 0 Å². The molecule has 1 aliphatic heterocycles. The zero-order valence-electron chi connectivity index (χ0n) is 15.5. The number of ether oxygens (including phenoxy) is 1. The number of amides is 1. The Labute approximate surface area is 155 Å². The van der Waals surface area contributed by atoms with E-state index in [1.54, 1.807) is 0 Å². The van der Waals surface area contributed by atoms with Crippen LogP contribution in [0, 0.1) is 11.3 Å². The third kappa shape index (κ3) is 5.08. The van der Waals surface area contributed by atoms with Gasteiger partial charge >= 0.3 is 6.09 Å². The Morgan fingerprint density at radius 1 is 1.27 bits per heavy atom. The second-order valence-corrected chi connectivity index (χ2v) is 7.58. The molecule has 5 heteroatoms. The van der Waals surface area contributed by atoms with E-state index in [1.165, 1.54) is 17.6 Å². The van der Waals surface area contributed by atoms with Crippen molar-refractivity contribution < 1.29 is 14.6 Å². The van der Waals surface area contributed by atoms with E-state index < -0.39 is 6.09 Å². The summed E-state index contributed by atoms with van der Waals surface area (Å²) in [5, 5.41) is 15.3. The van der Waals surface area contributed by atoms with Gasteiger partial charge in [-0.25, -0.2) is 4.79 Å². The van der Waals surface area contributed by atoms with Crippen molar-refractivity contribution in [2.24, 2.45) is 11.3 Å². The van der Waals surface area contributed by atoms with Crippen LogP contribution in [-0.4, -0.2) is 43.5 Å². The van der Waals surface area contributed by atoms with E-state index in [0.29, 0.717) is 31.7 Å². The summed E-state index contributed by atoms with van der Waals surface area (Å²) in [6.07, 6.45) is 5.42. The van der Waals surface area contributed by atoms with Gasteiger partial charge in [0.05, 0.1) is 0 Å². The second kappa shape index (κ2) is 8.69. The Balaban J connectivity index is 1.56. The molecule has 2 unspecified atom stereocenters. The summed E-state index contributed by atoms with van der Waals surface area (Å²) in [5.74, 6) is 0.601. The number of carbonyl (C=O) groups is 1. The topological polar surface area (TPSA) is 70.6 Å². The molecule has 1 amide bonds. The van der Waals surface area contributed by atoms with E-state index in [9.17, 15) is 4.79 Å². The first-order valence-electron chi connectivity index (χ1n) is 9.65. The van der Waals surface area contributed by atoms with Gasteiger partial charge < -0.3 is 20.5 Å². The molecule has 2 aliphatic rings. The molecule has 1 aromatic rings. The van der Waals surface area contributed by atoms with Gasteiger partial charge in [0.1, 0.15) is 0 Å². The lowest BCUT2D eigenvalue weighted by molar-refractivity contribution is 0.0151. The molecule has 0 bridgehead atoms. The first-order valence-corrected chi connectivity index (χ1v) is 9.65. The van der Waals surface area contributed by atoms with E-state index in [2.05, 4.69) is 47.9 Å². The van der Waals surface area contributed by atoms with Gasteiger partial charge in [-0.15, -0.1) is 0 Å². The van der Waals surface area contributed by atoms with Gasteiger partial charge in [-0.1, -0.05) is 48.9 Å². The van der Waals surface area contributed by atoms with E-state index in [-0.39, 0.29) is 5.41 Å². The van der Waals surface area contributed by atoms with Crippen LogP contribution in [0.5, 0.6) is 0 Å². The lowest BCUT2D eigenvalue weighted by Crippen LogP contribution is -2.47. The Kier molecular flexibility index (Phi) is 6.33. The van der Waals surface area contributed by atoms with Crippen molar-refractivity contribution in [3.05, 3.63) is 41.5 Å². The van der Waals surface area contributed by atoms with Crippen molar-refractivity contribution in [2.75, 3.05) is 26.3 Å². The van der Waals surface area contributed by atoms with Crippen molar-refractivity contribution in [3.63, 3.8) is 0 Å². The van der Waals surface area contributed by atoms with Gasteiger partial charge in [-0.05, 0) is 37.2 Å². The van der Waals surface area contributed by atoms with Crippen LogP contribution >= 0.6 is 0 Å². The fourth-order valence-electron chi connectivity index (χ4n) is 3.90. The number of hydrogen-bond donors (Lipinski definition) is 3. The SMILES string of the molecule is CC/C(=C\c1ccccc1)C1CC1NCC1(CNC(=O)O)CCOCC1. The predicted molar refractivity (Wildman–Crippen MR) is 103 cm³/mol. The quantitative estimate of drug-likeness (QED) is 0.665. The molecular weight excluding hydrogens is 328 g/mol. The van der Waals surface area contributed by atoms with Gasteiger partial charge in [-0.2, -0.15) is 0 Å². The first kappa shape index (κ1) is 18.9. The maximum absolute atomic E-state index is 10.9. The van der Waals surface area contributed by atoms with Crippen molar-refractivity contribution in [2.45, 2.75) is 38.6 Å². The van der Waals surface area contributed by atoms with E-state index >= 15 is 0 Å². The summed E-state index contributed by atoms with van der Waals surface area (Å²) < 4.78 is 5.49. The maximum Gasteiger partial charge on any atom is 0.404 e. The van der Waals surface area contributed by atoms with Crippen LogP contribution < -0.4 is 10.6 Å². The van der Waals surface area contributed by atoms with Crippen molar-refractivity contribution in [1.82, 2.24) is 10.6 Å². The molecule has 5 nitrogen and oxygen atoms in total. The average molecular weight is 358 g/mol. The monoisotopic (exact) mass is 358 g/mol. The van der Waals surface area contributed by atoms with Gasteiger partial charge in [0.25, 0.3) is 0 Å². The number of nitrogens with one attached hydrogen (secondary N) is 2. The summed E-state index contributed by atoms with van der Waals surface area (Å²) in [6.45, 7) is 4.99. The van der Waals surface area contributed by atoms with Crippen LogP contribution in [0.25, 0.3) is 6.08 Å². The molecule has 3 rings (SSSR count). The number of benzene rings is 1. The van der Waals surface area contributed by atoms with Crippen LogP contribution in [-0.2, 0) is 4.74 Å². The Hall–Kier alpha value is -1.85. The lowest BCUT2D eigenvalue weighted by Gasteiger charge is -2.37. The standard InChI is InChI=1S/C21H30N2O3/c1-2-17(12-16-6-4-3-5-7-16)18-13-19(18)22-14-21(15-23-20(24)25)8-10-26-11-9-21/h3-7,12,18-19,22-23H,2,8-11,13-15H2,1H3,(H,24,25)/b17-12+. The molecule has 2 atom stereocenters.